The number of likely N-dealkylation sites (tertiary alicyclic amines) is 1. The molecule has 0 aliphatic carbocycles. The average Bonchev–Trinajstić information content (AvgIpc) is 2.92. The highest BCUT2D eigenvalue weighted by molar-refractivity contribution is 5.78. The first-order valence-corrected chi connectivity index (χ1v) is 7.63. The van der Waals surface area contributed by atoms with Gasteiger partial charge in [0.25, 0.3) is 0 Å². The zero-order chi connectivity index (χ0) is 17.3. The highest BCUT2D eigenvalue weighted by atomic mass is 19.4. The number of halogens is 3. The Kier molecular flexibility index (Phi) is 4.26. The number of aryl methyl sites for hydroxylation is 1. The minimum absolute atomic E-state index is 0.0473. The van der Waals surface area contributed by atoms with Crippen molar-refractivity contribution in [1.29, 1.82) is 0 Å². The molecule has 0 N–H and O–H groups in total. The van der Waals surface area contributed by atoms with E-state index in [0.29, 0.717) is 18.5 Å². The van der Waals surface area contributed by atoms with Crippen molar-refractivity contribution in [2.75, 3.05) is 6.54 Å². The van der Waals surface area contributed by atoms with Crippen molar-refractivity contribution in [3.05, 3.63) is 47.3 Å². The Bertz CT molecular complexity index is 757. The van der Waals surface area contributed by atoms with E-state index < -0.39 is 11.9 Å². The van der Waals surface area contributed by atoms with E-state index in [2.05, 4.69) is 9.97 Å². The van der Waals surface area contributed by atoms with Gasteiger partial charge in [0.05, 0.1) is 0 Å². The third-order valence-corrected chi connectivity index (χ3v) is 3.90. The second-order valence-corrected chi connectivity index (χ2v) is 5.83. The maximum Gasteiger partial charge on any atom is 0.433 e. The van der Waals surface area contributed by atoms with Crippen LogP contribution in [0.4, 0.5) is 13.2 Å². The van der Waals surface area contributed by atoms with E-state index >= 15 is 0 Å². The van der Waals surface area contributed by atoms with Crippen LogP contribution in [0.1, 0.15) is 29.8 Å². The van der Waals surface area contributed by atoms with Crippen LogP contribution in [0.25, 0.3) is 11.4 Å². The van der Waals surface area contributed by atoms with Crippen LogP contribution < -0.4 is 0 Å². The van der Waals surface area contributed by atoms with Crippen LogP contribution in [0, 0.1) is 6.92 Å². The summed E-state index contributed by atoms with van der Waals surface area (Å²) in [5.74, 6) is 0.182. The van der Waals surface area contributed by atoms with Crippen molar-refractivity contribution < 1.29 is 18.0 Å². The van der Waals surface area contributed by atoms with Gasteiger partial charge in [-0.05, 0) is 25.0 Å². The number of rotatable bonds is 3. The summed E-state index contributed by atoms with van der Waals surface area (Å²) in [6.07, 6.45) is -3.05. The lowest BCUT2D eigenvalue weighted by Crippen LogP contribution is -2.23. The molecule has 0 atom stereocenters. The second kappa shape index (κ2) is 6.22. The maximum absolute atomic E-state index is 12.9. The van der Waals surface area contributed by atoms with Gasteiger partial charge < -0.3 is 4.90 Å². The molecule has 0 radical (unpaired) electrons. The highest BCUT2D eigenvalue weighted by Crippen LogP contribution is 2.29. The summed E-state index contributed by atoms with van der Waals surface area (Å²) in [4.78, 5) is 21.1. The molecule has 7 heteroatoms. The largest absolute Gasteiger partial charge is 0.433 e. The van der Waals surface area contributed by atoms with Crippen LogP contribution in [-0.4, -0.2) is 27.3 Å². The van der Waals surface area contributed by atoms with E-state index in [-0.39, 0.29) is 17.4 Å². The molecular formula is C17H16F3N3O. The predicted molar refractivity (Wildman–Crippen MR) is 81.9 cm³/mol. The van der Waals surface area contributed by atoms with Crippen molar-refractivity contribution in [2.45, 2.75) is 32.5 Å². The second-order valence-electron chi connectivity index (χ2n) is 5.83. The predicted octanol–water partition coefficient (Wildman–Crippen LogP) is 3.59. The Morgan fingerprint density at radius 1 is 1.17 bits per heavy atom. The van der Waals surface area contributed by atoms with Gasteiger partial charge in [-0.3, -0.25) is 4.79 Å². The van der Waals surface area contributed by atoms with E-state index in [1.807, 2.05) is 0 Å². The lowest BCUT2D eigenvalue weighted by molar-refractivity contribution is -0.141. The summed E-state index contributed by atoms with van der Waals surface area (Å²) in [5, 5.41) is 0. The highest BCUT2D eigenvalue weighted by Gasteiger charge is 2.33. The number of amides is 1. The first-order chi connectivity index (χ1) is 11.3. The lowest BCUT2D eigenvalue weighted by Gasteiger charge is -2.15. The van der Waals surface area contributed by atoms with Crippen LogP contribution in [0.2, 0.25) is 0 Å². The topological polar surface area (TPSA) is 46.1 Å². The SMILES string of the molecule is Cc1cc(C(F)(F)F)nc(-c2ccc(CN3CCCC3=O)cc2)n1. The van der Waals surface area contributed by atoms with E-state index in [1.54, 1.807) is 29.2 Å². The molecule has 1 amide bonds. The van der Waals surface area contributed by atoms with Gasteiger partial charge in [-0.15, -0.1) is 0 Å². The number of hydrogen-bond donors (Lipinski definition) is 0. The molecule has 126 valence electrons. The van der Waals surface area contributed by atoms with E-state index in [4.69, 9.17) is 0 Å². The van der Waals surface area contributed by atoms with E-state index in [9.17, 15) is 18.0 Å². The summed E-state index contributed by atoms with van der Waals surface area (Å²) in [6.45, 7) is 2.77. The molecule has 2 heterocycles. The molecule has 0 spiro atoms. The van der Waals surface area contributed by atoms with Gasteiger partial charge in [0.1, 0.15) is 5.69 Å². The van der Waals surface area contributed by atoms with Gasteiger partial charge in [-0.1, -0.05) is 24.3 Å². The molecule has 4 nitrogen and oxygen atoms in total. The number of alkyl halides is 3. The standard InChI is InChI=1S/C17H16F3N3O/c1-11-9-14(17(18,19)20)22-16(21-11)13-6-4-12(5-7-13)10-23-8-2-3-15(23)24/h4-7,9H,2-3,8,10H2,1H3. The molecule has 0 bridgehead atoms. The van der Waals surface area contributed by atoms with Crippen LogP contribution in [0.3, 0.4) is 0 Å². The first kappa shape index (κ1) is 16.4. The minimum Gasteiger partial charge on any atom is -0.338 e. The maximum atomic E-state index is 12.9. The Labute approximate surface area is 137 Å². The van der Waals surface area contributed by atoms with Gasteiger partial charge in [0.15, 0.2) is 5.82 Å². The van der Waals surface area contributed by atoms with Crippen LogP contribution in [-0.2, 0) is 17.5 Å². The zero-order valence-electron chi connectivity index (χ0n) is 13.1. The Balaban J connectivity index is 1.83. The fourth-order valence-electron chi connectivity index (χ4n) is 2.69. The monoisotopic (exact) mass is 335 g/mol. The number of nitrogens with zero attached hydrogens (tertiary/aromatic N) is 3. The van der Waals surface area contributed by atoms with Crippen molar-refractivity contribution in [3.63, 3.8) is 0 Å². The number of benzene rings is 1. The summed E-state index contributed by atoms with van der Waals surface area (Å²) in [6, 6.07) is 7.88. The fourth-order valence-corrected chi connectivity index (χ4v) is 2.69. The summed E-state index contributed by atoms with van der Waals surface area (Å²) < 4.78 is 38.6. The number of carbonyl (C=O) groups excluding carboxylic acids is 1. The average molecular weight is 335 g/mol. The Morgan fingerprint density at radius 3 is 2.46 bits per heavy atom. The molecule has 0 saturated carbocycles. The first-order valence-electron chi connectivity index (χ1n) is 7.63. The normalized spacial score (nSPS) is 15.2. The number of carbonyl (C=O) groups is 1. The van der Waals surface area contributed by atoms with Gasteiger partial charge in [0.2, 0.25) is 5.91 Å². The van der Waals surface area contributed by atoms with Crippen molar-refractivity contribution in [3.8, 4) is 11.4 Å². The Hall–Kier alpha value is -2.44. The lowest BCUT2D eigenvalue weighted by atomic mass is 10.1. The fraction of sp³-hybridized carbons (Fsp3) is 0.353. The molecule has 1 aromatic carbocycles. The quantitative estimate of drug-likeness (QED) is 0.861. The molecular weight excluding hydrogens is 319 g/mol. The molecule has 2 aromatic rings. The number of aromatic nitrogens is 2. The molecule has 3 rings (SSSR count). The third kappa shape index (κ3) is 3.55. The van der Waals surface area contributed by atoms with Crippen LogP contribution >= 0.6 is 0 Å². The molecule has 1 aliphatic rings. The summed E-state index contributed by atoms with van der Waals surface area (Å²) in [7, 11) is 0. The van der Waals surface area contributed by atoms with Crippen molar-refractivity contribution in [2.24, 2.45) is 0 Å². The van der Waals surface area contributed by atoms with Gasteiger partial charge in [0, 0.05) is 30.8 Å². The molecule has 1 saturated heterocycles. The van der Waals surface area contributed by atoms with Gasteiger partial charge in [-0.25, -0.2) is 9.97 Å². The molecule has 0 unspecified atom stereocenters. The third-order valence-electron chi connectivity index (χ3n) is 3.90. The van der Waals surface area contributed by atoms with Crippen molar-refractivity contribution >= 4 is 5.91 Å². The zero-order valence-corrected chi connectivity index (χ0v) is 13.1. The van der Waals surface area contributed by atoms with Gasteiger partial charge >= 0.3 is 6.18 Å². The van der Waals surface area contributed by atoms with E-state index in [0.717, 1.165) is 24.6 Å². The smallest absolute Gasteiger partial charge is 0.338 e. The Morgan fingerprint density at radius 2 is 1.88 bits per heavy atom. The van der Waals surface area contributed by atoms with E-state index in [1.165, 1.54) is 6.92 Å². The minimum atomic E-state index is -4.50. The summed E-state index contributed by atoms with van der Waals surface area (Å²) in [5.41, 5.74) is 0.759. The molecule has 1 aromatic heterocycles. The molecule has 1 fully saturated rings. The van der Waals surface area contributed by atoms with Gasteiger partial charge in [-0.2, -0.15) is 13.2 Å². The summed E-state index contributed by atoms with van der Waals surface area (Å²) >= 11 is 0. The molecule has 1 aliphatic heterocycles. The molecule has 24 heavy (non-hydrogen) atoms. The van der Waals surface area contributed by atoms with Crippen molar-refractivity contribution in [1.82, 2.24) is 14.9 Å². The number of hydrogen-bond acceptors (Lipinski definition) is 3. The van der Waals surface area contributed by atoms with Crippen LogP contribution in [0.5, 0.6) is 0 Å². The van der Waals surface area contributed by atoms with Crippen LogP contribution in [0.15, 0.2) is 30.3 Å².